The van der Waals surface area contributed by atoms with Crippen molar-refractivity contribution in [1.82, 2.24) is 0 Å². The second-order valence-corrected chi connectivity index (χ2v) is 6.05. The minimum Gasteiger partial charge on any atom is -0.456 e. The van der Waals surface area contributed by atoms with Crippen molar-refractivity contribution >= 4 is 5.97 Å². The molecule has 0 aromatic rings. The molecule has 0 aromatic heterocycles. The van der Waals surface area contributed by atoms with Gasteiger partial charge in [0.15, 0.2) is 0 Å². The Kier molecular flexibility index (Phi) is 4.21. The molecule has 2 nitrogen and oxygen atoms in total. The molecule has 0 saturated heterocycles. The molecule has 17 heavy (non-hydrogen) atoms. The fourth-order valence-corrected chi connectivity index (χ4v) is 2.29. The highest BCUT2D eigenvalue weighted by molar-refractivity contribution is 5.79. The molecule has 1 unspecified atom stereocenters. The number of ether oxygens (including phenoxy) is 1. The molecule has 3 heteroatoms. The molecule has 0 amide bonds. The fraction of sp³-hybridized carbons (Fsp3) is 0.929. The molecule has 1 aliphatic rings. The SMILES string of the molecule is CC(C)C1(OC(=O)C(C)(F)C(C)C)CCCC1. The first-order valence-corrected chi connectivity index (χ1v) is 6.65. The summed E-state index contributed by atoms with van der Waals surface area (Å²) in [4.78, 5) is 12.0. The van der Waals surface area contributed by atoms with E-state index in [4.69, 9.17) is 4.74 Å². The van der Waals surface area contributed by atoms with Gasteiger partial charge in [0, 0.05) is 0 Å². The summed E-state index contributed by atoms with van der Waals surface area (Å²) >= 11 is 0. The third kappa shape index (κ3) is 2.80. The molecule has 1 aliphatic carbocycles. The van der Waals surface area contributed by atoms with Crippen molar-refractivity contribution < 1.29 is 13.9 Å². The highest BCUT2D eigenvalue weighted by Gasteiger charge is 2.46. The zero-order valence-corrected chi connectivity index (χ0v) is 11.7. The summed E-state index contributed by atoms with van der Waals surface area (Å²) in [5.74, 6) is -0.805. The van der Waals surface area contributed by atoms with Crippen LogP contribution in [-0.4, -0.2) is 17.2 Å². The molecular weight excluding hydrogens is 219 g/mol. The zero-order chi connectivity index (χ0) is 13.3. The Balaban J connectivity index is 2.79. The Morgan fingerprint density at radius 1 is 1.24 bits per heavy atom. The average Bonchev–Trinajstić information content (AvgIpc) is 2.67. The maximum atomic E-state index is 14.2. The van der Waals surface area contributed by atoms with Crippen LogP contribution in [0.25, 0.3) is 0 Å². The summed E-state index contributed by atoms with van der Waals surface area (Å²) < 4.78 is 19.8. The predicted molar refractivity (Wildman–Crippen MR) is 66.5 cm³/mol. The molecule has 0 N–H and O–H groups in total. The Morgan fingerprint density at radius 3 is 2.06 bits per heavy atom. The predicted octanol–water partition coefficient (Wildman–Crippen LogP) is 3.88. The lowest BCUT2D eigenvalue weighted by molar-refractivity contribution is -0.180. The number of halogens is 1. The molecule has 1 saturated carbocycles. The number of rotatable bonds is 4. The first kappa shape index (κ1) is 14.5. The fourth-order valence-electron chi connectivity index (χ4n) is 2.29. The van der Waals surface area contributed by atoms with E-state index in [-0.39, 0.29) is 11.8 Å². The molecule has 0 radical (unpaired) electrons. The average molecular weight is 244 g/mol. The minimum absolute atomic E-state index is 0.247. The highest BCUT2D eigenvalue weighted by atomic mass is 19.1. The van der Waals surface area contributed by atoms with Crippen LogP contribution in [0, 0.1) is 11.8 Å². The molecule has 100 valence electrons. The molecule has 0 bridgehead atoms. The first-order valence-electron chi connectivity index (χ1n) is 6.65. The summed E-state index contributed by atoms with van der Waals surface area (Å²) in [7, 11) is 0. The van der Waals surface area contributed by atoms with Gasteiger partial charge in [0.05, 0.1) is 0 Å². The highest BCUT2D eigenvalue weighted by Crippen LogP contribution is 2.41. The Hall–Kier alpha value is -0.600. The van der Waals surface area contributed by atoms with Gasteiger partial charge in [-0.15, -0.1) is 0 Å². The second-order valence-electron chi connectivity index (χ2n) is 6.05. The number of hydrogen-bond donors (Lipinski definition) is 0. The van der Waals surface area contributed by atoms with Crippen LogP contribution < -0.4 is 0 Å². The van der Waals surface area contributed by atoms with Crippen LogP contribution in [0.4, 0.5) is 4.39 Å². The van der Waals surface area contributed by atoms with Gasteiger partial charge in [-0.2, -0.15) is 0 Å². The van der Waals surface area contributed by atoms with E-state index in [9.17, 15) is 9.18 Å². The summed E-state index contributed by atoms with van der Waals surface area (Å²) in [5.41, 5.74) is -2.32. The maximum Gasteiger partial charge on any atom is 0.344 e. The Morgan fingerprint density at radius 2 is 1.71 bits per heavy atom. The molecule has 1 fully saturated rings. The lowest BCUT2D eigenvalue weighted by atomic mass is 9.87. The van der Waals surface area contributed by atoms with Crippen LogP contribution >= 0.6 is 0 Å². The topological polar surface area (TPSA) is 26.3 Å². The lowest BCUT2D eigenvalue weighted by Crippen LogP contribution is -2.46. The molecule has 1 rings (SSSR count). The number of alkyl halides is 1. The van der Waals surface area contributed by atoms with Crippen molar-refractivity contribution in [2.45, 2.75) is 71.6 Å². The minimum atomic E-state index is -1.88. The van der Waals surface area contributed by atoms with E-state index >= 15 is 0 Å². The normalized spacial score (nSPS) is 22.8. The smallest absolute Gasteiger partial charge is 0.344 e. The number of esters is 1. The number of carbonyl (C=O) groups excluding carboxylic acids is 1. The maximum absolute atomic E-state index is 14.2. The van der Waals surface area contributed by atoms with Crippen molar-refractivity contribution in [3.8, 4) is 0 Å². The summed E-state index contributed by atoms with van der Waals surface area (Å²) in [6.07, 6.45) is 3.86. The largest absolute Gasteiger partial charge is 0.456 e. The molecule has 1 atom stereocenters. The van der Waals surface area contributed by atoms with Gasteiger partial charge in [-0.05, 0) is 44.4 Å². The van der Waals surface area contributed by atoms with Gasteiger partial charge < -0.3 is 4.74 Å². The Labute approximate surface area is 104 Å². The van der Waals surface area contributed by atoms with Crippen molar-refractivity contribution in [2.24, 2.45) is 11.8 Å². The molecule has 0 aliphatic heterocycles. The van der Waals surface area contributed by atoms with Crippen LogP contribution in [0.1, 0.15) is 60.3 Å². The second kappa shape index (κ2) is 4.95. The molecule has 0 heterocycles. The van der Waals surface area contributed by atoms with Crippen LogP contribution in [0.2, 0.25) is 0 Å². The summed E-state index contributed by atoms with van der Waals surface area (Å²) in [6, 6.07) is 0. The quantitative estimate of drug-likeness (QED) is 0.701. The van der Waals surface area contributed by atoms with E-state index in [1.54, 1.807) is 13.8 Å². The van der Waals surface area contributed by atoms with Gasteiger partial charge in [0.2, 0.25) is 5.67 Å². The van der Waals surface area contributed by atoms with Crippen molar-refractivity contribution in [3.05, 3.63) is 0 Å². The standard InChI is InChI=1S/C14H25FO2/c1-10(2)13(5,15)12(16)17-14(11(3)4)8-6-7-9-14/h10-11H,6-9H2,1-5H3. The van der Waals surface area contributed by atoms with Gasteiger partial charge in [0.1, 0.15) is 5.60 Å². The summed E-state index contributed by atoms with van der Waals surface area (Å²) in [5, 5.41) is 0. The van der Waals surface area contributed by atoms with Gasteiger partial charge >= 0.3 is 5.97 Å². The van der Waals surface area contributed by atoms with Crippen LogP contribution in [0.5, 0.6) is 0 Å². The number of hydrogen-bond acceptors (Lipinski definition) is 2. The van der Waals surface area contributed by atoms with Crippen molar-refractivity contribution in [1.29, 1.82) is 0 Å². The third-order valence-corrected chi connectivity index (χ3v) is 4.28. The van der Waals surface area contributed by atoms with E-state index in [2.05, 4.69) is 0 Å². The Bertz CT molecular complexity index is 276. The van der Waals surface area contributed by atoms with Crippen LogP contribution in [-0.2, 0) is 9.53 Å². The third-order valence-electron chi connectivity index (χ3n) is 4.28. The van der Waals surface area contributed by atoms with Gasteiger partial charge in [-0.1, -0.05) is 27.7 Å². The van der Waals surface area contributed by atoms with Crippen LogP contribution in [0.3, 0.4) is 0 Å². The van der Waals surface area contributed by atoms with Crippen molar-refractivity contribution in [3.63, 3.8) is 0 Å². The van der Waals surface area contributed by atoms with E-state index in [0.29, 0.717) is 0 Å². The van der Waals surface area contributed by atoms with Gasteiger partial charge in [0.25, 0.3) is 0 Å². The van der Waals surface area contributed by atoms with E-state index in [1.165, 1.54) is 6.92 Å². The van der Waals surface area contributed by atoms with E-state index in [1.807, 2.05) is 13.8 Å². The first-order chi connectivity index (χ1) is 7.72. The van der Waals surface area contributed by atoms with Crippen LogP contribution in [0.15, 0.2) is 0 Å². The van der Waals surface area contributed by atoms with E-state index < -0.39 is 17.2 Å². The molecular formula is C14H25FO2. The van der Waals surface area contributed by atoms with Gasteiger partial charge in [-0.25, -0.2) is 9.18 Å². The monoisotopic (exact) mass is 244 g/mol. The molecule has 0 aromatic carbocycles. The van der Waals surface area contributed by atoms with Crippen molar-refractivity contribution in [2.75, 3.05) is 0 Å². The van der Waals surface area contributed by atoms with Gasteiger partial charge in [-0.3, -0.25) is 0 Å². The molecule has 0 spiro atoms. The lowest BCUT2D eigenvalue weighted by Gasteiger charge is -2.36. The summed E-state index contributed by atoms with van der Waals surface area (Å²) in [6.45, 7) is 8.83. The zero-order valence-electron chi connectivity index (χ0n) is 11.7. The van der Waals surface area contributed by atoms with E-state index in [0.717, 1.165) is 25.7 Å². The number of carbonyl (C=O) groups is 1.